The van der Waals surface area contributed by atoms with Crippen molar-refractivity contribution in [2.45, 2.75) is 83.2 Å². The zero-order valence-corrected chi connectivity index (χ0v) is 18.7. The third-order valence-electron chi connectivity index (χ3n) is 6.00. The molecule has 4 rings (SSSR count). The third kappa shape index (κ3) is 3.85. The number of anilines is 1. The van der Waals surface area contributed by atoms with Gasteiger partial charge in [-0.3, -0.25) is 4.68 Å². The van der Waals surface area contributed by atoms with Crippen molar-refractivity contribution in [3.63, 3.8) is 0 Å². The molecule has 30 heavy (non-hydrogen) atoms. The molecule has 0 spiro atoms. The van der Waals surface area contributed by atoms with Gasteiger partial charge in [-0.2, -0.15) is 13.5 Å². The molecule has 162 valence electrons. The first-order valence-electron chi connectivity index (χ1n) is 10.9. The molecule has 1 aromatic heterocycles. The highest BCUT2D eigenvalue weighted by atomic mass is 32.2. The van der Waals surface area contributed by atoms with Gasteiger partial charge in [0, 0.05) is 23.5 Å². The van der Waals surface area contributed by atoms with E-state index in [1.807, 2.05) is 20.8 Å². The number of urea groups is 1. The molecule has 2 aliphatic rings. The monoisotopic (exact) mass is 430 g/mol. The molecular weight excluding hydrogens is 400 g/mol. The predicted octanol–water partition coefficient (Wildman–Crippen LogP) is 3.90. The molecule has 0 saturated heterocycles. The van der Waals surface area contributed by atoms with E-state index in [4.69, 9.17) is 0 Å². The third-order valence-corrected chi connectivity index (χ3v) is 7.20. The number of hydrogen-bond donors (Lipinski definition) is 2. The Hall–Kier alpha value is -2.35. The van der Waals surface area contributed by atoms with Gasteiger partial charge in [0.05, 0.1) is 0 Å². The van der Waals surface area contributed by atoms with Crippen molar-refractivity contribution in [3.8, 4) is 0 Å². The van der Waals surface area contributed by atoms with Crippen molar-refractivity contribution in [1.29, 1.82) is 0 Å². The fourth-order valence-electron chi connectivity index (χ4n) is 4.71. The van der Waals surface area contributed by atoms with Crippen LogP contribution >= 0.6 is 0 Å². The Balaban J connectivity index is 1.57. The normalized spacial score (nSPS) is 15.3. The van der Waals surface area contributed by atoms with Crippen LogP contribution in [0.15, 0.2) is 17.2 Å². The fourth-order valence-corrected chi connectivity index (χ4v) is 5.60. The second-order valence-corrected chi connectivity index (χ2v) is 10.2. The van der Waals surface area contributed by atoms with Gasteiger partial charge in [0.2, 0.25) is 0 Å². The summed E-state index contributed by atoms with van der Waals surface area (Å²) in [7, 11) is -4.06. The highest BCUT2D eigenvalue weighted by Gasteiger charge is 2.27. The number of rotatable bonds is 6. The Morgan fingerprint density at radius 2 is 1.73 bits per heavy atom. The largest absolute Gasteiger partial charge is 0.333 e. The van der Waals surface area contributed by atoms with E-state index in [0.717, 1.165) is 73.9 Å². The summed E-state index contributed by atoms with van der Waals surface area (Å²) in [6.07, 6.45) is 7.63. The lowest BCUT2D eigenvalue weighted by molar-refractivity contribution is 0.256. The van der Waals surface area contributed by atoms with Crippen molar-refractivity contribution in [1.82, 2.24) is 14.5 Å². The van der Waals surface area contributed by atoms with Crippen molar-refractivity contribution in [2.75, 3.05) is 5.32 Å². The van der Waals surface area contributed by atoms with Crippen LogP contribution in [0.2, 0.25) is 0 Å². The maximum Gasteiger partial charge on any atom is 0.333 e. The first kappa shape index (κ1) is 20.9. The van der Waals surface area contributed by atoms with Gasteiger partial charge in [-0.05, 0) is 81.0 Å². The second-order valence-electron chi connectivity index (χ2n) is 8.56. The smallest absolute Gasteiger partial charge is 0.307 e. The van der Waals surface area contributed by atoms with Gasteiger partial charge in [0.1, 0.15) is 0 Å². The Morgan fingerprint density at radius 3 is 2.30 bits per heavy atom. The van der Waals surface area contributed by atoms with Gasteiger partial charge in [-0.1, -0.05) is 19.4 Å². The number of nitrogens with zero attached hydrogens (tertiary/aromatic N) is 2. The van der Waals surface area contributed by atoms with Gasteiger partial charge in [-0.25, -0.2) is 9.52 Å². The minimum absolute atomic E-state index is 0.0406. The lowest BCUT2D eigenvalue weighted by atomic mass is 9.99. The number of nitrogens with one attached hydrogen (secondary N) is 2. The minimum Gasteiger partial charge on any atom is -0.307 e. The minimum atomic E-state index is -4.06. The molecular formula is C22H30N4O3S. The van der Waals surface area contributed by atoms with Gasteiger partial charge >= 0.3 is 6.03 Å². The van der Waals surface area contributed by atoms with Crippen LogP contribution in [-0.2, 0) is 42.1 Å². The first-order valence-corrected chi connectivity index (χ1v) is 12.4. The van der Waals surface area contributed by atoms with E-state index in [1.54, 1.807) is 10.7 Å². The van der Waals surface area contributed by atoms with Crippen LogP contribution in [0.3, 0.4) is 0 Å². The van der Waals surface area contributed by atoms with E-state index in [-0.39, 0.29) is 11.1 Å². The quantitative estimate of drug-likeness (QED) is 0.727. The van der Waals surface area contributed by atoms with Crippen molar-refractivity contribution in [2.24, 2.45) is 0 Å². The zero-order chi connectivity index (χ0) is 21.5. The van der Waals surface area contributed by atoms with Crippen molar-refractivity contribution < 1.29 is 13.2 Å². The summed E-state index contributed by atoms with van der Waals surface area (Å²) in [5.74, 6) is 0. The average molecular weight is 431 g/mol. The molecule has 0 bridgehead atoms. The van der Waals surface area contributed by atoms with Gasteiger partial charge in [0.25, 0.3) is 10.0 Å². The van der Waals surface area contributed by atoms with Crippen LogP contribution in [0.4, 0.5) is 10.5 Å². The Kier molecular flexibility index (Phi) is 5.61. The molecule has 0 saturated carbocycles. The molecule has 0 atom stereocenters. The zero-order valence-electron chi connectivity index (χ0n) is 17.9. The molecule has 1 heterocycles. The predicted molar refractivity (Wildman–Crippen MR) is 116 cm³/mol. The summed E-state index contributed by atoms with van der Waals surface area (Å²) in [5, 5.41) is 7.02. The van der Waals surface area contributed by atoms with E-state index in [0.29, 0.717) is 0 Å². The van der Waals surface area contributed by atoms with Crippen LogP contribution in [-0.4, -0.2) is 24.2 Å². The lowest BCUT2D eigenvalue weighted by Crippen LogP contribution is -2.35. The number of carbonyl (C=O) groups is 1. The highest BCUT2D eigenvalue weighted by molar-refractivity contribution is 7.90. The average Bonchev–Trinajstić information content (AvgIpc) is 3.40. The van der Waals surface area contributed by atoms with E-state index >= 15 is 0 Å². The topological polar surface area (TPSA) is 93.1 Å². The van der Waals surface area contributed by atoms with E-state index in [1.165, 1.54) is 11.1 Å². The van der Waals surface area contributed by atoms with Crippen molar-refractivity contribution >= 4 is 21.7 Å². The number of hydrogen-bond acceptors (Lipinski definition) is 4. The molecule has 0 aliphatic heterocycles. The molecule has 8 heteroatoms. The lowest BCUT2D eigenvalue weighted by Gasteiger charge is -2.16. The molecule has 2 amide bonds. The van der Waals surface area contributed by atoms with Crippen LogP contribution in [0.25, 0.3) is 0 Å². The molecule has 0 unspecified atom stereocenters. The van der Waals surface area contributed by atoms with E-state index in [2.05, 4.69) is 21.2 Å². The molecule has 0 radical (unpaired) electrons. The van der Waals surface area contributed by atoms with Gasteiger partial charge < -0.3 is 5.32 Å². The number of fused-ring (bicyclic) bond motifs is 2. The second kappa shape index (κ2) is 8.06. The molecule has 1 aromatic carbocycles. The summed E-state index contributed by atoms with van der Waals surface area (Å²) >= 11 is 0. The fraction of sp³-hybridized carbons (Fsp3) is 0.545. The highest BCUT2D eigenvalue weighted by Crippen LogP contribution is 2.38. The molecule has 2 N–H and O–H groups in total. The number of sulfonamides is 1. The number of aromatic nitrogens is 2. The maximum absolute atomic E-state index is 12.8. The van der Waals surface area contributed by atoms with Crippen LogP contribution in [0, 0.1) is 0 Å². The summed E-state index contributed by atoms with van der Waals surface area (Å²) in [4.78, 5) is 12.7. The Labute approximate surface area is 178 Å². The molecule has 2 aromatic rings. The summed E-state index contributed by atoms with van der Waals surface area (Å²) in [5.41, 5.74) is 6.58. The Bertz CT molecular complexity index is 1050. The number of carbonyl (C=O) groups excluding carboxylic acids is 1. The number of benzene rings is 1. The number of amides is 2. The molecule has 7 nitrogen and oxygen atoms in total. The van der Waals surface area contributed by atoms with Crippen LogP contribution in [0.1, 0.15) is 74.0 Å². The summed E-state index contributed by atoms with van der Waals surface area (Å²) < 4.78 is 29.6. The standard InChI is InChI=1S/C22H30N4O3S/c1-4-7-17-13-20(24-26(17)14(2)3)30(28,29)25-22(27)23-21-18-10-5-8-15(18)12-16-9-6-11-19(16)21/h12-14H,4-11H2,1-3H3,(H2,23,25,27). The molecule has 0 fully saturated rings. The van der Waals surface area contributed by atoms with Gasteiger partial charge in [0.15, 0.2) is 5.03 Å². The molecule has 2 aliphatic carbocycles. The van der Waals surface area contributed by atoms with Crippen LogP contribution in [0.5, 0.6) is 0 Å². The first-order chi connectivity index (χ1) is 14.3. The van der Waals surface area contributed by atoms with Crippen molar-refractivity contribution in [3.05, 3.63) is 40.1 Å². The SMILES string of the molecule is CCCc1cc(S(=O)(=O)NC(=O)Nc2c3c(cc4c2CCC4)CCC3)nn1C(C)C. The van der Waals surface area contributed by atoms with Crippen LogP contribution < -0.4 is 10.0 Å². The van der Waals surface area contributed by atoms with Gasteiger partial charge in [-0.15, -0.1) is 0 Å². The maximum atomic E-state index is 12.8. The van der Waals surface area contributed by atoms with E-state index < -0.39 is 16.1 Å². The summed E-state index contributed by atoms with van der Waals surface area (Å²) in [6, 6.07) is 3.16. The van der Waals surface area contributed by atoms with E-state index in [9.17, 15) is 13.2 Å². The Morgan fingerprint density at radius 1 is 1.10 bits per heavy atom. The number of aryl methyl sites for hydroxylation is 3. The summed E-state index contributed by atoms with van der Waals surface area (Å²) in [6.45, 7) is 5.95.